The van der Waals surface area contributed by atoms with Crippen LogP contribution in [0.2, 0.25) is 0 Å². The van der Waals surface area contributed by atoms with Crippen LogP contribution in [0, 0.1) is 0 Å². The lowest BCUT2D eigenvalue weighted by Crippen LogP contribution is -2.45. The van der Waals surface area contributed by atoms with Crippen LogP contribution in [0.5, 0.6) is 0 Å². The smallest absolute Gasteiger partial charge is 0.138 e. The molecule has 2 N–H and O–H groups in total. The second-order valence-corrected chi connectivity index (χ2v) is 12.0. The van der Waals surface area contributed by atoms with Gasteiger partial charge in [0.15, 0.2) is 0 Å². The van der Waals surface area contributed by atoms with Crippen LogP contribution in [0.25, 0.3) is 49.5 Å². The number of benzene rings is 6. The van der Waals surface area contributed by atoms with Gasteiger partial charge in [0.1, 0.15) is 24.0 Å². The summed E-state index contributed by atoms with van der Waals surface area (Å²) < 4.78 is 2.30. The van der Waals surface area contributed by atoms with Crippen molar-refractivity contribution in [2.45, 2.75) is 12.3 Å². The minimum Gasteiger partial charge on any atom is -0.350 e. The molecule has 5 nitrogen and oxygen atoms in total. The topological polar surface area (TPSA) is 54.2 Å². The van der Waals surface area contributed by atoms with Crippen LogP contribution in [0.3, 0.4) is 0 Å². The summed E-state index contributed by atoms with van der Waals surface area (Å²) in [6.07, 6.45) is 1.58. The Labute approximate surface area is 272 Å². The molecule has 0 saturated carbocycles. The van der Waals surface area contributed by atoms with Crippen molar-refractivity contribution < 1.29 is 0 Å². The van der Waals surface area contributed by atoms with Gasteiger partial charge in [-0.1, -0.05) is 133 Å². The quantitative estimate of drug-likeness (QED) is 0.206. The number of fused-ring (bicyclic) bond motifs is 5. The predicted octanol–water partition coefficient (Wildman–Crippen LogP) is 9.34. The molecule has 47 heavy (non-hydrogen) atoms. The Morgan fingerprint density at radius 3 is 2.06 bits per heavy atom. The molecule has 8 aromatic rings. The van der Waals surface area contributed by atoms with E-state index in [1.165, 1.54) is 32.7 Å². The third-order valence-electron chi connectivity index (χ3n) is 9.12. The number of nitrogens with one attached hydrogen (secondary N) is 2. The average molecular weight is 606 g/mol. The Bertz CT molecular complexity index is 2410. The molecule has 224 valence electrons. The number of hydrogen-bond acceptors (Lipinski definition) is 4. The van der Waals surface area contributed by atoms with E-state index in [9.17, 15) is 0 Å². The van der Waals surface area contributed by atoms with Crippen molar-refractivity contribution in [2.24, 2.45) is 4.99 Å². The normalized spacial score (nSPS) is 16.3. The summed E-state index contributed by atoms with van der Waals surface area (Å²) in [6.45, 7) is 0. The van der Waals surface area contributed by atoms with E-state index in [2.05, 4.69) is 155 Å². The van der Waals surface area contributed by atoms with Crippen LogP contribution in [0.4, 0.5) is 0 Å². The highest BCUT2D eigenvalue weighted by atomic mass is 15.3. The van der Waals surface area contributed by atoms with E-state index in [0.717, 1.165) is 39.4 Å². The molecule has 0 radical (unpaired) electrons. The standard InChI is InChI=1S/C42H31N5/c1-4-12-28(13-5-1)32-20-22-35-37(26-32)47(36-23-21-29-14-10-11-19-34(29)39(35)36)38-27-33(24-25-43-38)42-45-40(30-15-6-2-7-16-30)44-41(46-42)31-17-8-3-9-18-31/h1-27,40-41,44H,(H,45,46). The second-order valence-electron chi connectivity index (χ2n) is 12.0. The fraction of sp³-hybridized carbons (Fsp3) is 0.0476. The first-order valence-electron chi connectivity index (χ1n) is 16.0. The Morgan fingerprint density at radius 2 is 1.26 bits per heavy atom. The Balaban J connectivity index is 1.23. The molecular formula is C42H31N5. The van der Waals surface area contributed by atoms with Crippen LogP contribution in [0.15, 0.2) is 169 Å². The number of nitrogens with zero attached hydrogens (tertiary/aromatic N) is 3. The van der Waals surface area contributed by atoms with Gasteiger partial charge < -0.3 is 5.32 Å². The lowest BCUT2D eigenvalue weighted by Gasteiger charge is -2.32. The highest BCUT2D eigenvalue weighted by Gasteiger charge is 2.26. The third-order valence-corrected chi connectivity index (χ3v) is 9.12. The average Bonchev–Trinajstić information content (AvgIpc) is 3.50. The second kappa shape index (κ2) is 11.4. The highest BCUT2D eigenvalue weighted by molar-refractivity contribution is 6.21. The largest absolute Gasteiger partial charge is 0.350 e. The molecule has 9 rings (SSSR count). The summed E-state index contributed by atoms with van der Waals surface area (Å²) in [6, 6.07) is 55.5. The van der Waals surface area contributed by atoms with Crippen LogP contribution < -0.4 is 10.6 Å². The molecule has 2 atom stereocenters. The molecule has 5 heteroatoms. The van der Waals surface area contributed by atoms with Crippen molar-refractivity contribution in [1.82, 2.24) is 20.2 Å². The van der Waals surface area contributed by atoms with Gasteiger partial charge in [-0.3, -0.25) is 9.88 Å². The van der Waals surface area contributed by atoms with Gasteiger partial charge in [0, 0.05) is 22.5 Å². The molecule has 2 aromatic heterocycles. The first-order valence-corrected chi connectivity index (χ1v) is 16.0. The number of aliphatic imine (C=N–C) groups is 1. The molecule has 2 unspecified atom stereocenters. The molecule has 0 bridgehead atoms. The highest BCUT2D eigenvalue weighted by Crippen LogP contribution is 2.38. The van der Waals surface area contributed by atoms with E-state index in [1.807, 2.05) is 24.4 Å². The lowest BCUT2D eigenvalue weighted by atomic mass is 10.0. The van der Waals surface area contributed by atoms with E-state index in [1.54, 1.807) is 0 Å². The van der Waals surface area contributed by atoms with Crippen molar-refractivity contribution in [3.63, 3.8) is 0 Å². The molecular weight excluding hydrogens is 574 g/mol. The molecule has 0 amide bonds. The van der Waals surface area contributed by atoms with Gasteiger partial charge in [0.2, 0.25) is 0 Å². The van der Waals surface area contributed by atoms with Gasteiger partial charge in [-0.2, -0.15) is 0 Å². The maximum Gasteiger partial charge on any atom is 0.138 e. The van der Waals surface area contributed by atoms with Gasteiger partial charge >= 0.3 is 0 Å². The van der Waals surface area contributed by atoms with Crippen molar-refractivity contribution >= 4 is 38.4 Å². The molecule has 6 aromatic carbocycles. The summed E-state index contributed by atoms with van der Waals surface area (Å²) in [5.41, 5.74) is 7.84. The first kappa shape index (κ1) is 27.3. The van der Waals surface area contributed by atoms with Crippen LogP contribution >= 0.6 is 0 Å². The summed E-state index contributed by atoms with van der Waals surface area (Å²) in [5.74, 6) is 1.67. The van der Waals surface area contributed by atoms with E-state index in [-0.39, 0.29) is 12.3 Å². The Morgan fingerprint density at radius 1 is 0.532 bits per heavy atom. The summed E-state index contributed by atoms with van der Waals surface area (Å²) in [5, 5.41) is 12.3. The van der Waals surface area contributed by atoms with Gasteiger partial charge in [0.05, 0.1) is 11.0 Å². The summed E-state index contributed by atoms with van der Waals surface area (Å²) in [7, 11) is 0. The number of aromatic nitrogens is 2. The fourth-order valence-electron chi connectivity index (χ4n) is 6.86. The molecule has 1 aliphatic heterocycles. The minimum atomic E-state index is -0.206. The molecule has 0 fully saturated rings. The fourth-order valence-corrected chi connectivity index (χ4v) is 6.86. The maximum atomic E-state index is 5.20. The van der Waals surface area contributed by atoms with E-state index in [0.29, 0.717) is 0 Å². The monoisotopic (exact) mass is 605 g/mol. The van der Waals surface area contributed by atoms with Crippen LogP contribution in [0.1, 0.15) is 29.0 Å². The third kappa shape index (κ3) is 4.85. The van der Waals surface area contributed by atoms with Crippen molar-refractivity contribution in [1.29, 1.82) is 0 Å². The van der Waals surface area contributed by atoms with E-state index < -0.39 is 0 Å². The zero-order valence-electron chi connectivity index (χ0n) is 25.6. The zero-order chi connectivity index (χ0) is 31.2. The molecule has 3 heterocycles. The SMILES string of the molecule is c1ccc(-c2ccc3c4c5ccccc5ccc4n(-c4cc(C5=NC(c6ccccc6)NC(c6ccccc6)N5)ccn4)c3c2)cc1. The molecule has 0 spiro atoms. The van der Waals surface area contributed by atoms with Crippen molar-refractivity contribution in [3.05, 3.63) is 181 Å². The number of rotatable bonds is 5. The Kier molecular flexibility index (Phi) is 6.61. The molecule has 1 aliphatic rings. The summed E-state index contributed by atoms with van der Waals surface area (Å²) in [4.78, 5) is 10.2. The number of pyridine rings is 1. The van der Waals surface area contributed by atoms with Crippen LogP contribution in [-0.4, -0.2) is 15.4 Å². The van der Waals surface area contributed by atoms with Crippen molar-refractivity contribution in [2.75, 3.05) is 0 Å². The molecule has 0 aliphatic carbocycles. The number of amidine groups is 1. The summed E-state index contributed by atoms with van der Waals surface area (Å²) >= 11 is 0. The minimum absolute atomic E-state index is 0.112. The van der Waals surface area contributed by atoms with Gasteiger partial charge in [-0.15, -0.1) is 0 Å². The van der Waals surface area contributed by atoms with Gasteiger partial charge in [0.25, 0.3) is 0 Å². The predicted molar refractivity (Wildman–Crippen MR) is 193 cm³/mol. The van der Waals surface area contributed by atoms with Crippen molar-refractivity contribution in [3.8, 4) is 16.9 Å². The van der Waals surface area contributed by atoms with Gasteiger partial charge in [-0.25, -0.2) is 9.98 Å². The zero-order valence-corrected chi connectivity index (χ0v) is 25.6. The van der Waals surface area contributed by atoms with Gasteiger partial charge in [-0.05, 0) is 57.3 Å². The maximum absolute atomic E-state index is 5.20. The van der Waals surface area contributed by atoms with E-state index in [4.69, 9.17) is 9.98 Å². The Hall–Kier alpha value is -6.04. The lowest BCUT2D eigenvalue weighted by molar-refractivity contribution is 0.409. The van der Waals surface area contributed by atoms with E-state index >= 15 is 0 Å². The van der Waals surface area contributed by atoms with Crippen LogP contribution in [-0.2, 0) is 0 Å². The molecule has 0 saturated heterocycles. The number of hydrogen-bond donors (Lipinski definition) is 2. The first-order chi connectivity index (χ1) is 23.3.